The fourth-order valence-electron chi connectivity index (χ4n) is 5.12. The average Bonchev–Trinajstić information content (AvgIpc) is 3.01. The molecule has 0 aliphatic rings. The fourth-order valence-corrected chi connectivity index (χ4v) is 5.12. The van der Waals surface area contributed by atoms with Gasteiger partial charge in [-0.05, 0) is 77.0 Å². The summed E-state index contributed by atoms with van der Waals surface area (Å²) in [5.41, 5.74) is 0. The molecular formula is C37H69NO5. The van der Waals surface area contributed by atoms with Gasteiger partial charge in [-0.15, -0.1) is 0 Å². The molecule has 0 rings (SSSR count). The first kappa shape index (κ1) is 41.5. The third-order valence-electron chi connectivity index (χ3n) is 8.05. The molecule has 0 spiro atoms. The Kier molecular flexibility index (Phi) is 30.8. The predicted molar refractivity (Wildman–Crippen MR) is 182 cm³/mol. The molecule has 5 N–H and O–H groups in total. The zero-order valence-electron chi connectivity index (χ0n) is 27.9. The number of nitrogens with one attached hydrogen (secondary N) is 1. The van der Waals surface area contributed by atoms with Gasteiger partial charge in [0, 0.05) is 0 Å². The maximum atomic E-state index is 12.4. The van der Waals surface area contributed by atoms with Gasteiger partial charge in [-0.2, -0.15) is 0 Å². The molecule has 0 saturated heterocycles. The molecule has 6 heteroatoms. The van der Waals surface area contributed by atoms with Gasteiger partial charge in [0.25, 0.3) is 0 Å². The summed E-state index contributed by atoms with van der Waals surface area (Å²) in [6.45, 7) is 3.96. The number of hydrogen-bond acceptors (Lipinski definition) is 5. The zero-order chi connectivity index (χ0) is 31.8. The van der Waals surface area contributed by atoms with Crippen molar-refractivity contribution in [1.29, 1.82) is 0 Å². The third kappa shape index (κ3) is 26.6. The van der Waals surface area contributed by atoms with E-state index in [9.17, 15) is 25.2 Å². The Bertz CT molecular complexity index is 692. The van der Waals surface area contributed by atoms with Crippen LogP contribution in [0.1, 0.15) is 162 Å². The monoisotopic (exact) mass is 608 g/mol. The number of allylic oxidation sites excluding steroid dienone is 6. The molecule has 43 heavy (non-hydrogen) atoms. The minimum atomic E-state index is -1.29. The molecule has 0 aliphatic carbocycles. The molecule has 0 aromatic carbocycles. The van der Waals surface area contributed by atoms with E-state index in [2.05, 4.69) is 55.6 Å². The molecule has 0 aliphatic heterocycles. The standard InChI is InChI=1S/C37H69NO5/c1-3-5-7-9-11-13-15-17-18-19-21-23-25-27-29-31-35(41)37(43)38-33(32-39)36(42)34(40)30-28-26-24-22-20-16-14-12-10-8-6-4-2/h12,14,18-19,22,24,33-36,39-42H,3-11,13,15-17,20-21,23,25-32H2,1-2H3,(H,38,43)/b14-12+,19-18-,24-22+. The lowest BCUT2D eigenvalue weighted by molar-refractivity contribution is -0.132. The molecule has 0 bridgehead atoms. The molecule has 4 unspecified atom stereocenters. The van der Waals surface area contributed by atoms with Crippen molar-refractivity contribution in [2.24, 2.45) is 0 Å². The van der Waals surface area contributed by atoms with Gasteiger partial charge in [-0.3, -0.25) is 4.79 Å². The van der Waals surface area contributed by atoms with Crippen LogP contribution in [0.15, 0.2) is 36.5 Å². The minimum absolute atomic E-state index is 0.345. The van der Waals surface area contributed by atoms with E-state index in [0.717, 1.165) is 57.8 Å². The van der Waals surface area contributed by atoms with Crippen LogP contribution in [-0.2, 0) is 4.79 Å². The van der Waals surface area contributed by atoms with E-state index in [4.69, 9.17) is 0 Å². The minimum Gasteiger partial charge on any atom is -0.394 e. The van der Waals surface area contributed by atoms with Gasteiger partial charge in [0.2, 0.25) is 5.91 Å². The van der Waals surface area contributed by atoms with Crippen LogP contribution in [-0.4, -0.2) is 57.3 Å². The summed E-state index contributed by atoms with van der Waals surface area (Å²) >= 11 is 0. The van der Waals surface area contributed by atoms with Crippen molar-refractivity contribution < 1.29 is 25.2 Å². The van der Waals surface area contributed by atoms with Gasteiger partial charge in [0.1, 0.15) is 12.2 Å². The second kappa shape index (κ2) is 31.9. The number of hydrogen-bond donors (Lipinski definition) is 5. The van der Waals surface area contributed by atoms with Crippen LogP contribution in [0.3, 0.4) is 0 Å². The highest BCUT2D eigenvalue weighted by Crippen LogP contribution is 2.13. The van der Waals surface area contributed by atoms with Crippen molar-refractivity contribution in [2.45, 2.75) is 186 Å². The Morgan fingerprint density at radius 2 is 0.977 bits per heavy atom. The van der Waals surface area contributed by atoms with Gasteiger partial charge in [0.05, 0.1) is 18.8 Å². The van der Waals surface area contributed by atoms with Crippen molar-refractivity contribution in [2.75, 3.05) is 6.61 Å². The lowest BCUT2D eigenvalue weighted by atomic mass is 10.00. The molecular weight excluding hydrogens is 538 g/mol. The molecule has 0 fully saturated rings. The van der Waals surface area contributed by atoms with Gasteiger partial charge in [-0.1, -0.05) is 121 Å². The maximum absolute atomic E-state index is 12.4. The number of carbonyl (C=O) groups excluding carboxylic acids is 1. The van der Waals surface area contributed by atoms with Crippen LogP contribution in [0.2, 0.25) is 0 Å². The number of carbonyl (C=O) groups is 1. The van der Waals surface area contributed by atoms with Gasteiger partial charge in [-0.25, -0.2) is 0 Å². The Hall–Kier alpha value is -1.47. The topological polar surface area (TPSA) is 110 Å². The molecule has 252 valence electrons. The average molecular weight is 608 g/mol. The van der Waals surface area contributed by atoms with Crippen molar-refractivity contribution in [3.05, 3.63) is 36.5 Å². The van der Waals surface area contributed by atoms with Crippen molar-refractivity contribution in [3.8, 4) is 0 Å². The normalized spacial score (nSPS) is 15.0. The molecule has 0 saturated carbocycles. The first-order valence-corrected chi connectivity index (χ1v) is 17.9. The quantitative estimate of drug-likeness (QED) is 0.0403. The number of aliphatic hydroxyl groups is 4. The van der Waals surface area contributed by atoms with Crippen molar-refractivity contribution in [1.82, 2.24) is 5.32 Å². The first-order chi connectivity index (χ1) is 21.0. The molecule has 0 aromatic heterocycles. The molecule has 6 nitrogen and oxygen atoms in total. The highest BCUT2D eigenvalue weighted by atomic mass is 16.3. The lowest BCUT2D eigenvalue weighted by Gasteiger charge is -2.27. The number of unbranched alkanes of at least 4 members (excludes halogenated alkanes) is 16. The van der Waals surface area contributed by atoms with E-state index in [1.807, 2.05) is 0 Å². The molecule has 0 heterocycles. The van der Waals surface area contributed by atoms with Crippen LogP contribution >= 0.6 is 0 Å². The summed E-state index contributed by atoms with van der Waals surface area (Å²) < 4.78 is 0. The largest absolute Gasteiger partial charge is 0.394 e. The van der Waals surface area contributed by atoms with Crippen LogP contribution in [0, 0.1) is 0 Å². The highest BCUT2D eigenvalue weighted by molar-refractivity contribution is 5.80. The van der Waals surface area contributed by atoms with Crippen LogP contribution in [0.5, 0.6) is 0 Å². The zero-order valence-corrected chi connectivity index (χ0v) is 27.9. The molecule has 4 atom stereocenters. The van der Waals surface area contributed by atoms with E-state index in [0.29, 0.717) is 19.3 Å². The van der Waals surface area contributed by atoms with E-state index >= 15 is 0 Å². The predicted octanol–water partition coefficient (Wildman–Crippen LogP) is 8.23. The number of aliphatic hydroxyl groups excluding tert-OH is 4. The Morgan fingerprint density at radius 1 is 0.558 bits per heavy atom. The summed E-state index contributed by atoms with van der Waals surface area (Å²) in [7, 11) is 0. The van der Waals surface area contributed by atoms with E-state index < -0.39 is 36.9 Å². The van der Waals surface area contributed by atoms with Crippen LogP contribution in [0.4, 0.5) is 0 Å². The number of amides is 1. The van der Waals surface area contributed by atoms with E-state index in [1.165, 1.54) is 70.6 Å². The summed E-state index contributed by atoms with van der Waals surface area (Å²) in [6.07, 6.45) is 34.5. The third-order valence-corrected chi connectivity index (χ3v) is 8.05. The first-order valence-electron chi connectivity index (χ1n) is 17.9. The fraction of sp³-hybridized carbons (Fsp3) is 0.811. The van der Waals surface area contributed by atoms with E-state index in [1.54, 1.807) is 0 Å². The smallest absolute Gasteiger partial charge is 0.249 e. The second-order valence-corrected chi connectivity index (χ2v) is 12.2. The Labute approximate surface area is 265 Å². The SMILES string of the molecule is CCCCC/C=C/CC/C=C/CCCC(O)C(O)C(CO)NC(=O)C(O)CCCCCC/C=C\CCCCCCCCC. The Morgan fingerprint density at radius 3 is 1.51 bits per heavy atom. The molecule has 0 aromatic rings. The van der Waals surface area contributed by atoms with Gasteiger partial charge >= 0.3 is 0 Å². The lowest BCUT2D eigenvalue weighted by Crippen LogP contribution is -2.53. The van der Waals surface area contributed by atoms with E-state index in [-0.39, 0.29) is 0 Å². The van der Waals surface area contributed by atoms with Crippen molar-refractivity contribution >= 4 is 5.91 Å². The summed E-state index contributed by atoms with van der Waals surface area (Å²) in [5, 5.41) is 43.3. The summed E-state index contributed by atoms with van der Waals surface area (Å²) in [6, 6.07) is -1.01. The molecule has 0 radical (unpaired) electrons. The second-order valence-electron chi connectivity index (χ2n) is 12.2. The van der Waals surface area contributed by atoms with Crippen LogP contribution in [0.25, 0.3) is 0 Å². The van der Waals surface area contributed by atoms with Crippen LogP contribution < -0.4 is 5.32 Å². The highest BCUT2D eigenvalue weighted by Gasteiger charge is 2.28. The van der Waals surface area contributed by atoms with Gasteiger partial charge < -0.3 is 25.7 Å². The molecule has 1 amide bonds. The summed E-state index contributed by atoms with van der Waals surface area (Å²) in [5.74, 6) is -0.610. The number of rotatable bonds is 31. The van der Waals surface area contributed by atoms with Gasteiger partial charge in [0.15, 0.2) is 0 Å². The Balaban J connectivity index is 3.93. The maximum Gasteiger partial charge on any atom is 0.249 e. The van der Waals surface area contributed by atoms with Crippen molar-refractivity contribution in [3.63, 3.8) is 0 Å². The summed E-state index contributed by atoms with van der Waals surface area (Å²) in [4.78, 5) is 12.4.